The Bertz CT molecular complexity index is 360. The summed E-state index contributed by atoms with van der Waals surface area (Å²) < 4.78 is 14.7. The van der Waals surface area contributed by atoms with Crippen LogP contribution in [0.2, 0.25) is 0 Å². The Labute approximate surface area is 118 Å². The number of methoxy groups -OCH3 is 1. The maximum absolute atomic E-state index is 11.7. The molecule has 0 spiro atoms. The second-order valence-corrected chi connectivity index (χ2v) is 5.20. The number of nitrogens with one attached hydrogen (secondary N) is 1. The molecule has 0 aromatic carbocycles. The van der Waals surface area contributed by atoms with Gasteiger partial charge >= 0.3 is 18.0 Å². The monoisotopic (exact) mass is 289 g/mol. The Morgan fingerprint density at radius 1 is 1.20 bits per heavy atom. The van der Waals surface area contributed by atoms with Crippen molar-refractivity contribution in [1.82, 2.24) is 5.32 Å². The van der Waals surface area contributed by atoms with Crippen molar-refractivity contribution in [3.05, 3.63) is 0 Å². The minimum absolute atomic E-state index is 0.342. The van der Waals surface area contributed by atoms with Gasteiger partial charge in [0.05, 0.1) is 7.11 Å². The first-order valence-electron chi connectivity index (χ1n) is 6.35. The second kappa shape index (κ2) is 7.72. The Morgan fingerprint density at radius 2 is 1.75 bits per heavy atom. The zero-order chi connectivity index (χ0) is 15.9. The molecule has 116 valence electrons. The summed E-state index contributed by atoms with van der Waals surface area (Å²) in [5.74, 6) is -1.25. The van der Waals surface area contributed by atoms with E-state index in [1.165, 1.54) is 14.0 Å². The van der Waals surface area contributed by atoms with Crippen molar-refractivity contribution in [2.45, 2.75) is 58.8 Å². The molecule has 7 nitrogen and oxygen atoms in total. The average molecular weight is 289 g/mol. The number of amides is 1. The molecule has 0 aromatic heterocycles. The molecule has 0 radical (unpaired) electrons. The average Bonchev–Trinajstić information content (AvgIpc) is 2.29. The van der Waals surface area contributed by atoms with Crippen LogP contribution in [0.25, 0.3) is 0 Å². The molecule has 0 heterocycles. The fourth-order valence-corrected chi connectivity index (χ4v) is 1.47. The van der Waals surface area contributed by atoms with Crippen LogP contribution in [-0.4, -0.2) is 42.9 Å². The lowest BCUT2D eigenvalue weighted by Gasteiger charge is -2.26. The van der Waals surface area contributed by atoms with Gasteiger partial charge < -0.3 is 19.5 Å². The molecular weight excluding hydrogens is 266 g/mol. The highest BCUT2D eigenvalue weighted by Crippen LogP contribution is 2.10. The summed E-state index contributed by atoms with van der Waals surface area (Å²) >= 11 is 0. The third-order valence-corrected chi connectivity index (χ3v) is 2.22. The molecule has 20 heavy (non-hydrogen) atoms. The van der Waals surface area contributed by atoms with Gasteiger partial charge in [-0.2, -0.15) is 0 Å². The van der Waals surface area contributed by atoms with Crippen molar-refractivity contribution in [1.29, 1.82) is 0 Å². The Balaban J connectivity index is 4.92. The van der Waals surface area contributed by atoms with Gasteiger partial charge in [0.25, 0.3) is 0 Å². The number of alkyl carbamates (subject to hydrolysis) is 1. The highest BCUT2D eigenvalue weighted by atomic mass is 16.6. The molecular formula is C13H23NO6. The lowest BCUT2D eigenvalue weighted by Crippen LogP contribution is -2.51. The van der Waals surface area contributed by atoms with E-state index in [0.717, 1.165) is 0 Å². The lowest BCUT2D eigenvalue weighted by atomic mass is 10.1. The van der Waals surface area contributed by atoms with Crippen LogP contribution < -0.4 is 5.32 Å². The lowest BCUT2D eigenvalue weighted by molar-refractivity contribution is -0.155. The normalized spacial score (nSPS) is 13.9. The van der Waals surface area contributed by atoms with Gasteiger partial charge in [0.15, 0.2) is 6.04 Å². The van der Waals surface area contributed by atoms with Gasteiger partial charge in [0.2, 0.25) is 0 Å². The number of hydrogen-bond acceptors (Lipinski definition) is 6. The smallest absolute Gasteiger partial charge is 0.408 e. The summed E-state index contributed by atoms with van der Waals surface area (Å²) in [6.07, 6.45) is -1.25. The van der Waals surface area contributed by atoms with Crippen molar-refractivity contribution in [2.24, 2.45) is 0 Å². The molecule has 0 aliphatic rings. The third kappa shape index (κ3) is 6.96. The first-order chi connectivity index (χ1) is 9.10. The number of carbonyl (C=O) groups is 3. The van der Waals surface area contributed by atoms with Crippen LogP contribution in [-0.2, 0) is 23.8 Å². The second-order valence-electron chi connectivity index (χ2n) is 5.20. The molecule has 2 atom stereocenters. The van der Waals surface area contributed by atoms with Crippen LogP contribution in [0.4, 0.5) is 4.79 Å². The quantitative estimate of drug-likeness (QED) is 0.607. The predicted octanol–water partition coefficient (Wildman–Crippen LogP) is 1.39. The van der Waals surface area contributed by atoms with E-state index in [1.807, 2.05) is 0 Å². The minimum Gasteiger partial charge on any atom is -0.467 e. The van der Waals surface area contributed by atoms with Crippen LogP contribution in [0.1, 0.15) is 41.0 Å². The summed E-state index contributed by atoms with van der Waals surface area (Å²) in [4.78, 5) is 34.4. The molecule has 0 unspecified atom stereocenters. The maximum atomic E-state index is 11.7. The zero-order valence-corrected chi connectivity index (χ0v) is 12.8. The third-order valence-electron chi connectivity index (χ3n) is 2.22. The Kier molecular flexibility index (Phi) is 7.02. The molecule has 1 amide bonds. The number of rotatable bonds is 5. The summed E-state index contributed by atoms with van der Waals surface area (Å²) in [6, 6.07) is -1.11. The molecule has 0 fully saturated rings. The van der Waals surface area contributed by atoms with Gasteiger partial charge in [-0.3, -0.25) is 4.79 Å². The summed E-state index contributed by atoms with van der Waals surface area (Å²) in [5, 5.41) is 2.37. The van der Waals surface area contributed by atoms with E-state index >= 15 is 0 Å². The fourth-order valence-electron chi connectivity index (χ4n) is 1.47. The predicted molar refractivity (Wildman–Crippen MR) is 71.0 cm³/mol. The zero-order valence-electron chi connectivity index (χ0n) is 12.8. The highest BCUT2D eigenvalue weighted by Gasteiger charge is 2.33. The van der Waals surface area contributed by atoms with Gasteiger partial charge in [0.1, 0.15) is 11.7 Å². The van der Waals surface area contributed by atoms with Gasteiger partial charge in [0, 0.05) is 6.92 Å². The summed E-state index contributed by atoms with van der Waals surface area (Å²) in [5.41, 5.74) is -0.700. The largest absolute Gasteiger partial charge is 0.467 e. The SMILES string of the molecule is CC[C@H](OC(C)=O)[C@H](NC(=O)OC(C)(C)C)C(=O)OC. The maximum Gasteiger partial charge on any atom is 0.408 e. The van der Waals surface area contributed by atoms with Crippen LogP contribution >= 0.6 is 0 Å². The van der Waals surface area contributed by atoms with E-state index in [2.05, 4.69) is 10.1 Å². The van der Waals surface area contributed by atoms with Crippen molar-refractivity contribution < 1.29 is 28.6 Å². The molecule has 0 bridgehead atoms. The first-order valence-corrected chi connectivity index (χ1v) is 6.35. The van der Waals surface area contributed by atoms with Crippen molar-refractivity contribution in [3.8, 4) is 0 Å². The Hall–Kier alpha value is -1.79. The first kappa shape index (κ1) is 18.2. The molecule has 0 saturated carbocycles. The molecule has 0 aliphatic carbocycles. The van der Waals surface area contributed by atoms with Crippen molar-refractivity contribution in [3.63, 3.8) is 0 Å². The molecule has 0 saturated heterocycles. The van der Waals surface area contributed by atoms with E-state index < -0.39 is 35.8 Å². The van der Waals surface area contributed by atoms with Gasteiger partial charge in [-0.15, -0.1) is 0 Å². The van der Waals surface area contributed by atoms with E-state index in [0.29, 0.717) is 6.42 Å². The van der Waals surface area contributed by atoms with Crippen LogP contribution in [0.3, 0.4) is 0 Å². The summed E-state index contributed by atoms with van der Waals surface area (Å²) in [6.45, 7) is 8.04. The van der Waals surface area contributed by atoms with Crippen LogP contribution in [0.15, 0.2) is 0 Å². The van der Waals surface area contributed by atoms with Gasteiger partial charge in [-0.05, 0) is 27.2 Å². The van der Waals surface area contributed by atoms with E-state index in [9.17, 15) is 14.4 Å². The van der Waals surface area contributed by atoms with E-state index in [-0.39, 0.29) is 0 Å². The van der Waals surface area contributed by atoms with E-state index in [1.54, 1.807) is 27.7 Å². The molecule has 0 rings (SSSR count). The van der Waals surface area contributed by atoms with Gasteiger partial charge in [-0.25, -0.2) is 9.59 Å². The van der Waals surface area contributed by atoms with Crippen molar-refractivity contribution in [2.75, 3.05) is 7.11 Å². The number of hydrogen-bond donors (Lipinski definition) is 1. The number of ether oxygens (including phenoxy) is 3. The number of carbonyl (C=O) groups excluding carboxylic acids is 3. The fraction of sp³-hybridized carbons (Fsp3) is 0.769. The standard InChI is InChI=1S/C13H23NO6/c1-7-9(19-8(2)15)10(11(16)18-6)14-12(17)20-13(3,4)5/h9-10H,7H2,1-6H3,(H,14,17)/t9-,10-/m0/s1. The molecule has 0 aromatic rings. The van der Waals surface area contributed by atoms with Gasteiger partial charge in [-0.1, -0.05) is 6.92 Å². The van der Waals surface area contributed by atoms with Crippen LogP contribution in [0, 0.1) is 0 Å². The minimum atomic E-state index is -1.11. The van der Waals surface area contributed by atoms with Crippen molar-refractivity contribution >= 4 is 18.0 Å². The summed E-state index contributed by atoms with van der Waals surface area (Å²) in [7, 11) is 1.19. The highest BCUT2D eigenvalue weighted by molar-refractivity contribution is 5.82. The topological polar surface area (TPSA) is 90.9 Å². The van der Waals surface area contributed by atoms with Crippen LogP contribution in [0.5, 0.6) is 0 Å². The molecule has 1 N–H and O–H groups in total. The van der Waals surface area contributed by atoms with E-state index in [4.69, 9.17) is 9.47 Å². The molecule has 7 heteroatoms. The molecule has 0 aliphatic heterocycles. The number of esters is 2. The Morgan fingerprint density at radius 3 is 2.10 bits per heavy atom.